The van der Waals surface area contributed by atoms with Gasteiger partial charge in [0.1, 0.15) is 5.69 Å². The van der Waals surface area contributed by atoms with Gasteiger partial charge < -0.3 is 5.32 Å². The second-order valence-corrected chi connectivity index (χ2v) is 6.01. The minimum atomic E-state index is -3.45. The summed E-state index contributed by atoms with van der Waals surface area (Å²) in [5.74, 6) is 0. The van der Waals surface area contributed by atoms with Gasteiger partial charge in [-0.2, -0.15) is 0 Å². The van der Waals surface area contributed by atoms with E-state index in [2.05, 4.69) is 5.32 Å². The Morgan fingerprint density at radius 1 is 1.42 bits per heavy atom. The summed E-state index contributed by atoms with van der Waals surface area (Å²) in [6, 6.07) is 3.86. The minimum Gasteiger partial charge on any atom is -0.379 e. The van der Waals surface area contributed by atoms with Gasteiger partial charge in [-0.15, -0.1) is 0 Å². The molecule has 0 amide bonds. The molecule has 1 aromatic rings. The van der Waals surface area contributed by atoms with Crippen molar-refractivity contribution < 1.29 is 13.3 Å². The summed E-state index contributed by atoms with van der Waals surface area (Å²) >= 11 is 0. The van der Waals surface area contributed by atoms with Gasteiger partial charge in [0.05, 0.1) is 9.82 Å². The lowest BCUT2D eigenvalue weighted by Gasteiger charge is -2.07. The Kier molecular flexibility index (Phi) is 5.05. The van der Waals surface area contributed by atoms with E-state index in [1.807, 2.05) is 19.1 Å². The summed E-state index contributed by atoms with van der Waals surface area (Å²) in [5, 5.41) is 13.9. The zero-order valence-electron chi connectivity index (χ0n) is 10.8. The van der Waals surface area contributed by atoms with Crippen LogP contribution in [-0.4, -0.2) is 26.1 Å². The molecule has 0 aliphatic rings. The monoisotopic (exact) mass is 284 g/mol. The lowest BCUT2D eigenvalue weighted by atomic mass is 10.2. The molecule has 104 valence electrons. The summed E-state index contributed by atoms with van der Waals surface area (Å²) in [7, 11) is -3.45. The van der Waals surface area contributed by atoms with Crippen molar-refractivity contribution in [1.82, 2.24) is 0 Å². The number of benzene rings is 1. The number of rotatable bonds is 6. The smallest absolute Gasteiger partial charge is 0.293 e. The van der Waals surface area contributed by atoms with E-state index in [9.17, 15) is 18.5 Å². The van der Waals surface area contributed by atoms with Crippen molar-refractivity contribution in [2.45, 2.75) is 18.2 Å². The van der Waals surface area contributed by atoms with Gasteiger partial charge in [-0.25, -0.2) is 8.42 Å². The first-order valence-corrected chi connectivity index (χ1v) is 7.59. The highest BCUT2D eigenvalue weighted by Gasteiger charge is 2.18. The Balaban J connectivity index is 3.02. The summed E-state index contributed by atoms with van der Waals surface area (Å²) < 4.78 is 22.7. The molecule has 0 saturated carbocycles. The lowest BCUT2D eigenvalue weighted by Crippen LogP contribution is -2.05. The third-order valence-electron chi connectivity index (χ3n) is 2.46. The van der Waals surface area contributed by atoms with E-state index in [1.165, 1.54) is 12.1 Å². The van der Waals surface area contributed by atoms with Crippen molar-refractivity contribution in [1.29, 1.82) is 0 Å². The first-order chi connectivity index (χ1) is 8.86. The molecule has 1 rings (SSSR count). The van der Waals surface area contributed by atoms with Crippen LogP contribution in [0.5, 0.6) is 0 Å². The van der Waals surface area contributed by atoms with Crippen LogP contribution in [0.25, 0.3) is 0 Å². The van der Waals surface area contributed by atoms with Crippen molar-refractivity contribution in [3.8, 4) is 0 Å². The van der Waals surface area contributed by atoms with Crippen molar-refractivity contribution >= 4 is 21.2 Å². The third-order valence-corrected chi connectivity index (χ3v) is 3.57. The van der Waals surface area contributed by atoms with Gasteiger partial charge in [-0.1, -0.05) is 12.2 Å². The summed E-state index contributed by atoms with van der Waals surface area (Å²) in [6.07, 6.45) is 5.58. The van der Waals surface area contributed by atoms with Crippen LogP contribution in [0.4, 0.5) is 11.4 Å². The van der Waals surface area contributed by atoms with E-state index >= 15 is 0 Å². The molecule has 0 radical (unpaired) electrons. The molecule has 0 saturated heterocycles. The zero-order valence-corrected chi connectivity index (χ0v) is 11.6. The van der Waals surface area contributed by atoms with Crippen LogP contribution < -0.4 is 5.32 Å². The molecular weight excluding hydrogens is 268 g/mol. The molecule has 0 aromatic heterocycles. The Morgan fingerprint density at radius 2 is 2.11 bits per heavy atom. The second-order valence-electron chi connectivity index (χ2n) is 3.99. The van der Waals surface area contributed by atoms with Gasteiger partial charge in [0, 0.05) is 18.9 Å². The summed E-state index contributed by atoms with van der Waals surface area (Å²) in [6.45, 7) is 2.44. The van der Waals surface area contributed by atoms with E-state index in [0.29, 0.717) is 12.2 Å². The number of hydrogen-bond donors (Lipinski definition) is 1. The molecule has 19 heavy (non-hydrogen) atoms. The predicted molar refractivity (Wildman–Crippen MR) is 74.1 cm³/mol. The van der Waals surface area contributed by atoms with Crippen molar-refractivity contribution in [2.24, 2.45) is 0 Å². The van der Waals surface area contributed by atoms with E-state index in [4.69, 9.17) is 0 Å². The molecule has 0 bridgehead atoms. The maximum Gasteiger partial charge on any atom is 0.293 e. The Morgan fingerprint density at radius 3 is 2.63 bits per heavy atom. The molecule has 0 atom stereocenters. The molecule has 1 N–H and O–H groups in total. The number of nitrogens with zero attached hydrogens (tertiary/aromatic N) is 1. The predicted octanol–water partition coefficient (Wildman–Crippen LogP) is 2.38. The van der Waals surface area contributed by atoms with Gasteiger partial charge in [-0.05, 0) is 25.5 Å². The largest absolute Gasteiger partial charge is 0.379 e. The molecule has 0 unspecified atom stereocenters. The summed E-state index contributed by atoms with van der Waals surface area (Å²) in [4.78, 5) is 10.3. The summed E-state index contributed by atoms with van der Waals surface area (Å²) in [5.41, 5.74) is 0.0882. The molecule has 7 heteroatoms. The van der Waals surface area contributed by atoms with Gasteiger partial charge >= 0.3 is 0 Å². The number of anilines is 1. The van der Waals surface area contributed by atoms with Gasteiger partial charge in [0.25, 0.3) is 5.69 Å². The standard InChI is InChI=1S/C12H16N2O4S/c1-3-4-5-8-13-11-7-6-10(19(2,17)18)9-12(11)14(15)16/h3-4,6-7,9,13H,5,8H2,1-2H3/b4-3+. The second kappa shape index (κ2) is 6.33. The van der Waals surface area contributed by atoms with Crippen LogP contribution >= 0.6 is 0 Å². The van der Waals surface area contributed by atoms with Crippen molar-refractivity contribution in [2.75, 3.05) is 18.1 Å². The molecule has 0 fully saturated rings. The minimum absolute atomic E-state index is 0.0572. The number of hydrogen-bond acceptors (Lipinski definition) is 5. The zero-order chi connectivity index (χ0) is 14.5. The molecule has 6 nitrogen and oxygen atoms in total. The first-order valence-electron chi connectivity index (χ1n) is 5.69. The molecule has 0 spiro atoms. The highest BCUT2D eigenvalue weighted by Crippen LogP contribution is 2.27. The highest BCUT2D eigenvalue weighted by molar-refractivity contribution is 7.90. The fourth-order valence-electron chi connectivity index (χ4n) is 1.50. The molecule has 0 heterocycles. The fraction of sp³-hybridized carbons (Fsp3) is 0.333. The first kappa shape index (κ1) is 15.2. The van der Waals surface area contributed by atoms with E-state index in [0.717, 1.165) is 18.7 Å². The maximum absolute atomic E-state index is 11.4. The van der Waals surface area contributed by atoms with Gasteiger partial charge in [0.2, 0.25) is 0 Å². The number of allylic oxidation sites excluding steroid dienone is 1. The van der Waals surface area contributed by atoms with E-state index in [-0.39, 0.29) is 10.6 Å². The molecule has 0 aliphatic heterocycles. The number of nitro groups is 1. The highest BCUT2D eigenvalue weighted by atomic mass is 32.2. The molecular formula is C12H16N2O4S. The van der Waals surface area contributed by atoms with Crippen LogP contribution in [0.1, 0.15) is 13.3 Å². The number of nitrogens with one attached hydrogen (secondary N) is 1. The molecule has 0 aliphatic carbocycles. The van der Waals surface area contributed by atoms with Crippen molar-refractivity contribution in [3.05, 3.63) is 40.5 Å². The van der Waals surface area contributed by atoms with Crippen LogP contribution in [0.3, 0.4) is 0 Å². The third kappa shape index (κ3) is 4.36. The average molecular weight is 284 g/mol. The number of sulfone groups is 1. The van der Waals surface area contributed by atoms with Gasteiger partial charge in [-0.3, -0.25) is 10.1 Å². The average Bonchev–Trinajstić information content (AvgIpc) is 2.33. The Hall–Kier alpha value is -1.89. The van der Waals surface area contributed by atoms with Crippen molar-refractivity contribution in [3.63, 3.8) is 0 Å². The Bertz CT molecular complexity index is 594. The van der Waals surface area contributed by atoms with Crippen LogP contribution in [-0.2, 0) is 9.84 Å². The van der Waals surface area contributed by atoms with Crippen LogP contribution in [0.15, 0.2) is 35.2 Å². The van der Waals surface area contributed by atoms with Crippen LogP contribution in [0, 0.1) is 10.1 Å². The SMILES string of the molecule is C/C=C/CCNc1ccc(S(C)(=O)=O)cc1[N+](=O)[O-]. The Labute approximate surface area is 112 Å². The lowest BCUT2D eigenvalue weighted by molar-refractivity contribution is -0.384. The maximum atomic E-state index is 11.4. The van der Waals surface area contributed by atoms with Gasteiger partial charge in [0.15, 0.2) is 9.84 Å². The normalized spacial score (nSPS) is 11.7. The van der Waals surface area contributed by atoms with Crippen LogP contribution in [0.2, 0.25) is 0 Å². The number of nitro benzene ring substituents is 1. The topological polar surface area (TPSA) is 89.3 Å². The van der Waals surface area contributed by atoms with E-state index in [1.54, 1.807) is 0 Å². The fourth-order valence-corrected chi connectivity index (χ4v) is 2.14. The van der Waals surface area contributed by atoms with E-state index < -0.39 is 14.8 Å². The quantitative estimate of drug-likeness (QED) is 0.375. The molecule has 1 aromatic carbocycles.